The highest BCUT2D eigenvalue weighted by Crippen LogP contribution is 2.26. The van der Waals surface area contributed by atoms with E-state index in [0.29, 0.717) is 38.2 Å². The fraction of sp³-hybridized carbons (Fsp3) is 0.542. The van der Waals surface area contributed by atoms with Crippen LogP contribution in [0.1, 0.15) is 32.6 Å². The zero-order valence-electron chi connectivity index (χ0n) is 19.3. The summed E-state index contributed by atoms with van der Waals surface area (Å²) in [5, 5.41) is 5.64. The molecule has 2 aromatic rings. The summed E-state index contributed by atoms with van der Waals surface area (Å²) in [6.07, 6.45) is 4.56. The number of alkyl halides is 2. The van der Waals surface area contributed by atoms with E-state index in [1.165, 1.54) is 0 Å². The van der Waals surface area contributed by atoms with E-state index in [0.717, 1.165) is 50.5 Å². The molecule has 1 aromatic heterocycles. The lowest BCUT2D eigenvalue weighted by Crippen LogP contribution is -2.45. The summed E-state index contributed by atoms with van der Waals surface area (Å²) in [4.78, 5) is 22.5. The molecule has 10 heteroatoms. The van der Waals surface area contributed by atoms with Gasteiger partial charge in [-0.3, -0.25) is 4.79 Å². The van der Waals surface area contributed by atoms with E-state index in [-0.39, 0.29) is 12.0 Å². The molecule has 2 heterocycles. The van der Waals surface area contributed by atoms with E-state index in [1.54, 1.807) is 12.3 Å². The third-order valence-electron chi connectivity index (χ3n) is 6.18. The number of anilines is 3. The average molecular weight is 476 g/mol. The number of hydrogen-bond acceptors (Lipinski definition) is 7. The minimum atomic E-state index is -3.34. The monoisotopic (exact) mass is 475 g/mol. The standard InChI is InChI=1S/C24H31F2N5O3/c1-24(25,26)22(32)28-18-4-2-17(3-5-18)16-34-21-10-11-27-23(30-21)29-19-6-8-20(9-7-19)31-12-14-33-15-13-31/h6-11,17-18H,2-5,12-16H2,1H3,(H,28,32)(H,27,29,30)/t17-,18-. The van der Waals surface area contributed by atoms with Crippen molar-refractivity contribution in [2.24, 2.45) is 5.92 Å². The van der Waals surface area contributed by atoms with E-state index < -0.39 is 11.8 Å². The van der Waals surface area contributed by atoms with Crippen LogP contribution in [0, 0.1) is 5.92 Å². The molecule has 1 saturated heterocycles. The second-order valence-corrected chi connectivity index (χ2v) is 8.88. The van der Waals surface area contributed by atoms with Gasteiger partial charge in [0.2, 0.25) is 11.8 Å². The van der Waals surface area contributed by atoms with Crippen molar-refractivity contribution in [1.29, 1.82) is 0 Å². The minimum absolute atomic E-state index is 0.209. The molecular formula is C24H31F2N5O3. The van der Waals surface area contributed by atoms with Crippen molar-refractivity contribution in [3.05, 3.63) is 36.5 Å². The van der Waals surface area contributed by atoms with Gasteiger partial charge in [0.25, 0.3) is 5.91 Å². The van der Waals surface area contributed by atoms with Crippen LogP contribution in [0.5, 0.6) is 5.88 Å². The Hall–Kier alpha value is -3.01. The molecule has 0 radical (unpaired) electrons. The van der Waals surface area contributed by atoms with Crippen LogP contribution in [0.3, 0.4) is 0 Å². The van der Waals surface area contributed by atoms with E-state index in [1.807, 2.05) is 12.1 Å². The number of ether oxygens (including phenoxy) is 2. The summed E-state index contributed by atoms with van der Waals surface area (Å²) in [7, 11) is 0. The number of rotatable bonds is 8. The molecule has 2 aliphatic rings. The second kappa shape index (κ2) is 10.9. The van der Waals surface area contributed by atoms with Gasteiger partial charge in [-0.25, -0.2) is 4.98 Å². The van der Waals surface area contributed by atoms with Crippen molar-refractivity contribution in [1.82, 2.24) is 15.3 Å². The predicted molar refractivity (Wildman–Crippen MR) is 125 cm³/mol. The molecule has 4 rings (SSSR count). The lowest BCUT2D eigenvalue weighted by molar-refractivity contribution is -0.144. The first-order valence-corrected chi connectivity index (χ1v) is 11.7. The maximum atomic E-state index is 13.1. The Labute approximate surface area is 198 Å². The molecule has 0 atom stereocenters. The lowest BCUT2D eigenvalue weighted by atomic mass is 9.86. The zero-order chi connectivity index (χ0) is 24.0. The van der Waals surface area contributed by atoms with Crippen LogP contribution in [-0.4, -0.2) is 60.7 Å². The van der Waals surface area contributed by atoms with Crippen LogP contribution in [-0.2, 0) is 9.53 Å². The molecule has 8 nitrogen and oxygen atoms in total. The molecule has 2 fully saturated rings. The van der Waals surface area contributed by atoms with Crippen molar-refractivity contribution in [2.75, 3.05) is 43.1 Å². The van der Waals surface area contributed by atoms with Gasteiger partial charge >= 0.3 is 5.92 Å². The fourth-order valence-corrected chi connectivity index (χ4v) is 4.18. The van der Waals surface area contributed by atoms with E-state index >= 15 is 0 Å². The molecule has 0 unspecified atom stereocenters. The third kappa shape index (κ3) is 6.75. The summed E-state index contributed by atoms with van der Waals surface area (Å²) < 4.78 is 37.4. The van der Waals surface area contributed by atoms with Gasteiger partial charge in [-0.1, -0.05) is 0 Å². The minimum Gasteiger partial charge on any atom is -0.477 e. The highest BCUT2D eigenvalue weighted by atomic mass is 19.3. The van der Waals surface area contributed by atoms with Gasteiger partial charge in [0.05, 0.1) is 19.8 Å². The number of nitrogens with zero attached hydrogens (tertiary/aromatic N) is 3. The summed E-state index contributed by atoms with van der Waals surface area (Å²) in [5.41, 5.74) is 2.04. The van der Waals surface area contributed by atoms with Crippen molar-refractivity contribution in [3.8, 4) is 5.88 Å². The van der Waals surface area contributed by atoms with Crippen molar-refractivity contribution >= 4 is 23.2 Å². The van der Waals surface area contributed by atoms with Crippen LogP contribution in [0.25, 0.3) is 0 Å². The summed E-state index contributed by atoms with van der Waals surface area (Å²) >= 11 is 0. The van der Waals surface area contributed by atoms with Crippen LogP contribution >= 0.6 is 0 Å². The highest BCUT2D eigenvalue weighted by Gasteiger charge is 2.34. The van der Waals surface area contributed by atoms with Crippen molar-refractivity contribution in [3.63, 3.8) is 0 Å². The number of carbonyl (C=O) groups excluding carboxylic acids is 1. The predicted octanol–water partition coefficient (Wildman–Crippen LogP) is 3.77. The van der Waals surface area contributed by atoms with Crippen LogP contribution in [0.15, 0.2) is 36.5 Å². The first kappa shape index (κ1) is 24.1. The number of aromatic nitrogens is 2. The molecule has 1 amide bonds. The van der Waals surface area contributed by atoms with Gasteiger partial charge in [-0.15, -0.1) is 0 Å². The first-order chi connectivity index (χ1) is 16.4. The van der Waals surface area contributed by atoms with E-state index in [2.05, 4.69) is 37.6 Å². The number of halogens is 2. The Morgan fingerprint density at radius 1 is 1.15 bits per heavy atom. The molecule has 0 spiro atoms. The molecule has 1 aliphatic carbocycles. The number of amides is 1. The normalized spacial score (nSPS) is 21.1. The van der Waals surface area contributed by atoms with Gasteiger partial charge in [-0.2, -0.15) is 13.8 Å². The average Bonchev–Trinajstić information content (AvgIpc) is 2.84. The summed E-state index contributed by atoms with van der Waals surface area (Å²) in [6.45, 7) is 4.37. The van der Waals surface area contributed by atoms with Crippen molar-refractivity contribution < 1.29 is 23.0 Å². The molecule has 1 aliphatic heterocycles. The molecular weight excluding hydrogens is 444 g/mol. The van der Waals surface area contributed by atoms with Gasteiger partial charge in [-0.05, 0) is 55.9 Å². The quantitative estimate of drug-likeness (QED) is 0.601. The number of morpholine rings is 1. The molecule has 1 aromatic carbocycles. The maximum Gasteiger partial charge on any atom is 0.321 e. The van der Waals surface area contributed by atoms with Gasteiger partial charge in [0.1, 0.15) is 0 Å². The smallest absolute Gasteiger partial charge is 0.321 e. The first-order valence-electron chi connectivity index (χ1n) is 11.7. The highest BCUT2D eigenvalue weighted by molar-refractivity contribution is 5.83. The Kier molecular flexibility index (Phi) is 7.77. The fourth-order valence-electron chi connectivity index (χ4n) is 4.18. The van der Waals surface area contributed by atoms with Crippen LogP contribution < -0.4 is 20.3 Å². The topological polar surface area (TPSA) is 88.6 Å². The molecule has 184 valence electrons. The summed E-state index contributed by atoms with van der Waals surface area (Å²) in [6, 6.07) is 9.62. The van der Waals surface area contributed by atoms with Gasteiger partial charge < -0.3 is 25.0 Å². The number of nitrogens with one attached hydrogen (secondary N) is 2. The van der Waals surface area contributed by atoms with Crippen LogP contribution in [0.4, 0.5) is 26.1 Å². The molecule has 1 saturated carbocycles. The van der Waals surface area contributed by atoms with Crippen LogP contribution in [0.2, 0.25) is 0 Å². The van der Waals surface area contributed by atoms with E-state index in [4.69, 9.17) is 9.47 Å². The van der Waals surface area contributed by atoms with Crippen molar-refractivity contribution in [2.45, 2.75) is 44.6 Å². The lowest BCUT2D eigenvalue weighted by Gasteiger charge is -2.29. The maximum absolute atomic E-state index is 13.1. The summed E-state index contributed by atoms with van der Waals surface area (Å²) in [5.74, 6) is -3.34. The largest absolute Gasteiger partial charge is 0.477 e. The Bertz CT molecular complexity index is 940. The van der Waals surface area contributed by atoms with Gasteiger partial charge in [0.15, 0.2) is 0 Å². The second-order valence-electron chi connectivity index (χ2n) is 8.88. The molecule has 2 N–H and O–H groups in total. The third-order valence-corrected chi connectivity index (χ3v) is 6.18. The Morgan fingerprint density at radius 2 is 1.85 bits per heavy atom. The molecule has 0 bridgehead atoms. The zero-order valence-corrected chi connectivity index (χ0v) is 19.3. The van der Waals surface area contributed by atoms with Gasteiger partial charge in [0, 0.05) is 49.7 Å². The number of hydrogen-bond donors (Lipinski definition) is 2. The Morgan fingerprint density at radius 3 is 2.53 bits per heavy atom. The number of benzene rings is 1. The SMILES string of the molecule is CC(F)(F)C(=O)N[C@H]1CC[C@H](COc2ccnc(Nc3ccc(N4CCOCC4)cc3)n2)CC1. The Balaban J connectivity index is 1.23. The molecule has 34 heavy (non-hydrogen) atoms. The van der Waals surface area contributed by atoms with E-state index in [9.17, 15) is 13.6 Å². The number of carbonyl (C=O) groups is 1.